The number of esters is 2. The normalized spacial score (nSPS) is 20.3. The van der Waals surface area contributed by atoms with Crippen molar-refractivity contribution >= 4 is 19.8 Å². The van der Waals surface area contributed by atoms with Gasteiger partial charge in [-0.1, -0.05) is 134 Å². The van der Waals surface area contributed by atoms with Gasteiger partial charge >= 0.3 is 19.8 Å². The Bertz CT molecular complexity index is 1120. The lowest BCUT2D eigenvalue weighted by atomic mass is 9.87. The second-order valence-electron chi connectivity index (χ2n) is 15.2. The highest BCUT2D eigenvalue weighted by atomic mass is 31.2. The summed E-state index contributed by atoms with van der Waals surface area (Å²) in [5.41, 5.74) is 0. The van der Waals surface area contributed by atoms with E-state index in [1.54, 1.807) is 12.2 Å². The van der Waals surface area contributed by atoms with Crippen molar-refractivity contribution in [3.05, 3.63) is 36.5 Å². The number of hydrogen-bond donors (Lipinski definition) is 5. The Labute approximate surface area is 337 Å². The maximum absolute atomic E-state index is 12.5. The fraction of sp³-hybridized carbons (Fsp3) is 0.814. The number of rotatable bonds is 35. The molecule has 0 aromatic rings. The Morgan fingerprint density at radius 1 is 0.732 bits per heavy atom. The van der Waals surface area contributed by atoms with Crippen molar-refractivity contribution in [3.8, 4) is 0 Å². The zero-order valence-electron chi connectivity index (χ0n) is 34.6. The van der Waals surface area contributed by atoms with Crippen molar-refractivity contribution in [2.24, 2.45) is 5.92 Å². The van der Waals surface area contributed by atoms with Crippen LogP contribution in [0.15, 0.2) is 36.5 Å². The van der Waals surface area contributed by atoms with Gasteiger partial charge < -0.3 is 39.3 Å². The number of ether oxygens (including phenoxy) is 3. The molecule has 0 spiro atoms. The topological polar surface area (TPSA) is 189 Å². The monoisotopic (exact) mass is 817 g/mol. The van der Waals surface area contributed by atoms with Crippen molar-refractivity contribution in [1.29, 1.82) is 0 Å². The van der Waals surface area contributed by atoms with E-state index in [1.807, 2.05) is 12.2 Å². The van der Waals surface area contributed by atoms with Gasteiger partial charge in [-0.2, -0.15) is 0 Å². The number of aliphatic hydroxyl groups is 3. The summed E-state index contributed by atoms with van der Waals surface area (Å²) >= 11 is 0. The van der Waals surface area contributed by atoms with Gasteiger partial charge in [-0.3, -0.25) is 14.1 Å². The molecule has 326 valence electrons. The molecule has 13 heteroatoms. The predicted molar refractivity (Wildman–Crippen MR) is 219 cm³/mol. The fourth-order valence-electron chi connectivity index (χ4n) is 6.58. The summed E-state index contributed by atoms with van der Waals surface area (Å²) < 4.78 is 32.0. The maximum Gasteiger partial charge on any atom is 0.469 e. The Morgan fingerprint density at radius 2 is 1.29 bits per heavy atom. The lowest BCUT2D eigenvalue weighted by molar-refractivity contribution is -0.199. The Hall–Kier alpha value is -1.89. The smallest absolute Gasteiger partial charge is 0.462 e. The van der Waals surface area contributed by atoms with E-state index < -0.39 is 57.1 Å². The van der Waals surface area contributed by atoms with Crippen molar-refractivity contribution < 1.29 is 58.0 Å². The van der Waals surface area contributed by atoms with Gasteiger partial charge in [0, 0.05) is 25.2 Å². The lowest BCUT2D eigenvalue weighted by Crippen LogP contribution is -2.43. The zero-order valence-corrected chi connectivity index (χ0v) is 35.5. The first-order valence-corrected chi connectivity index (χ1v) is 23.2. The van der Waals surface area contributed by atoms with E-state index in [4.69, 9.17) is 24.0 Å². The lowest BCUT2D eigenvalue weighted by Gasteiger charge is -2.36. The van der Waals surface area contributed by atoms with E-state index in [1.165, 1.54) is 64.2 Å². The fourth-order valence-corrected chi connectivity index (χ4v) is 6.94. The average Bonchev–Trinajstić information content (AvgIpc) is 3.14. The first kappa shape index (κ1) is 52.1. The van der Waals surface area contributed by atoms with Crippen LogP contribution in [0.1, 0.15) is 174 Å². The molecule has 1 fully saturated rings. The predicted octanol–water partition coefficient (Wildman–Crippen LogP) is 9.07. The number of carbonyl (C=O) groups is 2. The molecule has 12 nitrogen and oxygen atoms in total. The van der Waals surface area contributed by atoms with Crippen LogP contribution in [0.3, 0.4) is 0 Å². The summed E-state index contributed by atoms with van der Waals surface area (Å²) in [6.07, 6.45) is 30.5. The van der Waals surface area contributed by atoms with Crippen molar-refractivity contribution in [2.75, 3.05) is 13.2 Å². The van der Waals surface area contributed by atoms with Crippen molar-refractivity contribution in [1.82, 2.24) is 0 Å². The van der Waals surface area contributed by atoms with Crippen LogP contribution in [0, 0.1) is 5.92 Å². The highest BCUT2D eigenvalue weighted by Gasteiger charge is 2.35. The minimum Gasteiger partial charge on any atom is -0.462 e. The molecular formula is C43H77O12P. The van der Waals surface area contributed by atoms with Gasteiger partial charge in [0.1, 0.15) is 6.61 Å². The average molecular weight is 817 g/mol. The van der Waals surface area contributed by atoms with E-state index in [2.05, 4.69) is 30.5 Å². The second kappa shape index (κ2) is 34.0. The van der Waals surface area contributed by atoms with Gasteiger partial charge in [0.05, 0.1) is 24.9 Å². The molecule has 0 radical (unpaired) electrons. The molecule has 0 amide bonds. The number of aliphatic hydroxyl groups excluding tert-OH is 3. The molecule has 0 aliphatic carbocycles. The maximum atomic E-state index is 12.5. The number of phosphoric ester groups is 1. The zero-order chi connectivity index (χ0) is 41.3. The number of allylic oxidation sites excluding steroid dienone is 4. The molecule has 1 rings (SSSR count). The van der Waals surface area contributed by atoms with Crippen LogP contribution < -0.4 is 0 Å². The van der Waals surface area contributed by atoms with Crippen LogP contribution in [0.5, 0.6) is 0 Å². The molecule has 1 heterocycles. The number of phosphoric acid groups is 1. The Morgan fingerprint density at radius 3 is 1.93 bits per heavy atom. The van der Waals surface area contributed by atoms with E-state index in [9.17, 15) is 29.5 Å². The summed E-state index contributed by atoms with van der Waals surface area (Å²) in [6.45, 7) is 3.35. The summed E-state index contributed by atoms with van der Waals surface area (Å²) in [7, 11) is -4.83. The number of unbranched alkanes of at least 4 members (excludes halogenated alkanes) is 16. The first-order valence-electron chi connectivity index (χ1n) is 21.7. The molecule has 1 aliphatic rings. The molecule has 56 heavy (non-hydrogen) atoms. The van der Waals surface area contributed by atoms with Gasteiger partial charge in [-0.25, -0.2) is 4.57 Å². The third-order valence-corrected chi connectivity index (χ3v) is 10.4. The minimum absolute atomic E-state index is 0.0172. The summed E-state index contributed by atoms with van der Waals surface area (Å²) in [5.74, 6) is -1.40. The van der Waals surface area contributed by atoms with E-state index >= 15 is 0 Å². The standard InChI is InChI=1S/C43H77O12P/c1-3-5-7-8-9-10-11-12-13-14-15-16-17-18-19-20-25-29-41(46)52-34-37(35-53-56(49,50)51)54-42(47)30-26-22-21-24-28-38-39(45)33-43(48)55-40(38)32-31-36(44)27-23-6-4-2/h12-13,21,24,31-32,36-40,43-45,48H,3-11,14-20,22-23,25-30,33-35H2,1-2H3,(H2,49,50,51)/b13-12-,24-21-,32-31+/t36-,37+,38-,39-,40+,43?/m0/s1. The van der Waals surface area contributed by atoms with Gasteiger partial charge in [0.25, 0.3) is 0 Å². The van der Waals surface area contributed by atoms with E-state index in [0.717, 1.165) is 44.9 Å². The molecular weight excluding hydrogens is 739 g/mol. The van der Waals surface area contributed by atoms with Crippen LogP contribution >= 0.6 is 7.82 Å². The van der Waals surface area contributed by atoms with Crippen LogP contribution in [0.4, 0.5) is 0 Å². The van der Waals surface area contributed by atoms with Crippen LogP contribution in [-0.2, 0) is 32.9 Å². The minimum atomic E-state index is -4.83. The molecule has 0 aromatic heterocycles. The third-order valence-electron chi connectivity index (χ3n) is 9.93. The van der Waals surface area contributed by atoms with Gasteiger partial charge in [-0.15, -0.1) is 0 Å². The Balaban J connectivity index is 2.31. The molecule has 1 unspecified atom stereocenters. The molecule has 1 aliphatic heterocycles. The molecule has 0 aromatic carbocycles. The van der Waals surface area contributed by atoms with Gasteiger partial charge in [-0.05, 0) is 57.8 Å². The number of hydrogen-bond acceptors (Lipinski definition) is 10. The molecule has 1 saturated heterocycles. The second-order valence-corrected chi connectivity index (χ2v) is 16.4. The SMILES string of the molecule is CCCCCCCC/C=C\CCCCCCCCCC(=O)OC[C@H](COP(=O)(O)O)OC(=O)CCC/C=C\C[C@H]1[C@@H](O)CC(O)O[C@@H]1/C=C/[C@@H](O)CCCCC. The summed E-state index contributed by atoms with van der Waals surface area (Å²) in [5, 5.41) is 30.8. The largest absolute Gasteiger partial charge is 0.469 e. The van der Waals surface area contributed by atoms with Crippen molar-refractivity contribution in [3.63, 3.8) is 0 Å². The summed E-state index contributed by atoms with van der Waals surface area (Å²) in [4.78, 5) is 43.1. The molecule has 0 saturated carbocycles. The Kier molecular flexibility index (Phi) is 31.7. The molecule has 6 atom stereocenters. The first-order chi connectivity index (χ1) is 26.9. The quantitative estimate of drug-likeness (QED) is 0.0177. The number of carbonyl (C=O) groups excluding carboxylic acids is 2. The molecule has 5 N–H and O–H groups in total. The van der Waals surface area contributed by atoms with Crippen LogP contribution in [-0.4, -0.2) is 81.0 Å². The highest BCUT2D eigenvalue weighted by Crippen LogP contribution is 2.36. The van der Waals surface area contributed by atoms with E-state index in [-0.39, 0.29) is 31.8 Å². The van der Waals surface area contributed by atoms with Crippen LogP contribution in [0.25, 0.3) is 0 Å². The van der Waals surface area contributed by atoms with E-state index in [0.29, 0.717) is 32.1 Å². The van der Waals surface area contributed by atoms with Gasteiger partial charge in [0.2, 0.25) is 0 Å². The van der Waals surface area contributed by atoms with Crippen LogP contribution in [0.2, 0.25) is 0 Å². The third kappa shape index (κ3) is 30.2. The van der Waals surface area contributed by atoms with Crippen molar-refractivity contribution in [2.45, 2.75) is 205 Å². The van der Waals surface area contributed by atoms with Gasteiger partial charge in [0.15, 0.2) is 12.4 Å². The molecule has 0 bridgehead atoms. The summed E-state index contributed by atoms with van der Waals surface area (Å²) in [6, 6.07) is 0. The highest BCUT2D eigenvalue weighted by molar-refractivity contribution is 7.46.